The number of para-hydroxylation sites is 1. The van der Waals surface area contributed by atoms with Gasteiger partial charge < -0.3 is 9.84 Å². The Kier molecular flexibility index (Phi) is 4.57. The fourth-order valence-corrected chi connectivity index (χ4v) is 1.17. The molecule has 0 saturated carbocycles. The van der Waals surface area contributed by atoms with E-state index in [1.807, 2.05) is 30.3 Å². The maximum Gasteiger partial charge on any atom is 0.131 e. The Bertz CT molecular complexity index is 415. The molecule has 1 N–H and O–H groups in total. The molecule has 74 valence electrons. The molecule has 0 aliphatic rings. The Labute approximate surface area is 108 Å². The molecule has 0 unspecified atom stereocenters. The van der Waals surface area contributed by atoms with Crippen molar-refractivity contribution in [1.29, 1.82) is 0 Å². The fraction of sp³-hybridized carbons (Fsp3) is 0. The summed E-state index contributed by atoms with van der Waals surface area (Å²) >= 11 is 0. The van der Waals surface area contributed by atoms with Gasteiger partial charge in [0.2, 0.25) is 0 Å². The first-order valence-corrected chi connectivity index (χ1v) is 4.36. The van der Waals surface area contributed by atoms with Crippen LogP contribution in [0.3, 0.4) is 0 Å². The van der Waals surface area contributed by atoms with Crippen molar-refractivity contribution in [3.8, 4) is 17.2 Å². The summed E-state index contributed by atoms with van der Waals surface area (Å²) in [6.45, 7) is 0. The van der Waals surface area contributed by atoms with E-state index in [9.17, 15) is 5.11 Å². The zero-order chi connectivity index (χ0) is 9.80. The minimum atomic E-state index is 0. The number of hydrogen-bond donors (Lipinski definition) is 1. The van der Waals surface area contributed by atoms with Gasteiger partial charge in [-0.05, 0) is 24.3 Å². The summed E-state index contributed by atoms with van der Waals surface area (Å²) in [6.07, 6.45) is 0. The van der Waals surface area contributed by atoms with E-state index in [-0.39, 0.29) is 32.0 Å². The third-order valence-electron chi connectivity index (χ3n) is 1.80. The smallest absolute Gasteiger partial charge is 0.131 e. The van der Waals surface area contributed by atoms with E-state index in [2.05, 4.69) is 0 Å². The van der Waals surface area contributed by atoms with Crippen molar-refractivity contribution in [3.63, 3.8) is 0 Å². The molecule has 2 nitrogen and oxygen atoms in total. The van der Waals surface area contributed by atoms with Gasteiger partial charge in [0.25, 0.3) is 0 Å². The van der Waals surface area contributed by atoms with Crippen LogP contribution in [0, 0.1) is 0 Å². The van der Waals surface area contributed by atoms with Crippen LogP contribution in [0.4, 0.5) is 0 Å². The predicted molar refractivity (Wildman–Crippen MR) is 54.6 cm³/mol. The first-order chi connectivity index (χ1) is 6.84. The molecular weight excluding hydrogens is 267 g/mol. The Balaban J connectivity index is 0.00000112. The Morgan fingerprint density at radius 1 is 0.800 bits per heavy atom. The summed E-state index contributed by atoms with van der Waals surface area (Å²) in [7, 11) is 0. The van der Waals surface area contributed by atoms with Crippen LogP contribution in [-0.4, -0.2) is 5.11 Å². The van der Waals surface area contributed by atoms with E-state index in [0.717, 1.165) is 5.75 Å². The second-order valence-electron chi connectivity index (χ2n) is 2.91. The number of benzene rings is 2. The standard InChI is InChI=1S/C12H10O2.Zr/c13-10-5-4-8-12(9-10)14-11-6-2-1-3-7-11;/h1-9,13H;. The minimum Gasteiger partial charge on any atom is -0.508 e. The van der Waals surface area contributed by atoms with Crippen LogP contribution >= 0.6 is 0 Å². The maximum absolute atomic E-state index is 9.21. The SMILES string of the molecule is Oc1cccc(Oc2ccccc2)c1.[Zr]. The molecule has 0 saturated heterocycles. The first-order valence-electron chi connectivity index (χ1n) is 4.36. The summed E-state index contributed by atoms with van der Waals surface area (Å²) in [5, 5.41) is 9.21. The number of phenolic OH excluding ortho intramolecular Hbond substituents is 1. The van der Waals surface area contributed by atoms with E-state index in [0.29, 0.717) is 5.75 Å². The Morgan fingerprint density at radius 2 is 1.47 bits per heavy atom. The molecule has 0 aromatic heterocycles. The van der Waals surface area contributed by atoms with Crippen molar-refractivity contribution in [2.24, 2.45) is 0 Å². The van der Waals surface area contributed by atoms with Gasteiger partial charge in [-0.1, -0.05) is 24.3 Å². The molecule has 2 aromatic carbocycles. The van der Waals surface area contributed by atoms with E-state index in [1.54, 1.807) is 24.3 Å². The van der Waals surface area contributed by atoms with Gasteiger partial charge in [0, 0.05) is 32.3 Å². The third kappa shape index (κ3) is 3.52. The third-order valence-corrected chi connectivity index (χ3v) is 1.80. The Hall–Kier alpha value is -1.08. The molecule has 0 atom stereocenters. The predicted octanol–water partition coefficient (Wildman–Crippen LogP) is 3.18. The van der Waals surface area contributed by atoms with Crippen LogP contribution in [0.1, 0.15) is 0 Å². The average molecular weight is 277 g/mol. The van der Waals surface area contributed by atoms with Gasteiger partial charge in [0.15, 0.2) is 0 Å². The van der Waals surface area contributed by atoms with Gasteiger partial charge in [0.05, 0.1) is 0 Å². The van der Waals surface area contributed by atoms with Crippen LogP contribution in [0.25, 0.3) is 0 Å². The van der Waals surface area contributed by atoms with Crippen molar-refractivity contribution in [2.45, 2.75) is 0 Å². The van der Waals surface area contributed by atoms with Gasteiger partial charge in [-0.2, -0.15) is 0 Å². The first kappa shape index (κ1) is 12.0. The number of rotatable bonds is 2. The van der Waals surface area contributed by atoms with Crippen molar-refractivity contribution in [2.75, 3.05) is 0 Å². The second-order valence-corrected chi connectivity index (χ2v) is 2.91. The largest absolute Gasteiger partial charge is 0.508 e. The van der Waals surface area contributed by atoms with Crippen molar-refractivity contribution >= 4 is 0 Å². The molecule has 0 fully saturated rings. The summed E-state index contributed by atoms with van der Waals surface area (Å²) in [5.74, 6) is 1.60. The van der Waals surface area contributed by atoms with Crippen molar-refractivity contribution < 1.29 is 36.0 Å². The number of ether oxygens (including phenoxy) is 1. The zero-order valence-corrected chi connectivity index (χ0v) is 10.5. The summed E-state index contributed by atoms with van der Waals surface area (Å²) in [5.41, 5.74) is 0. The molecule has 0 heterocycles. The maximum atomic E-state index is 9.21. The molecule has 0 radical (unpaired) electrons. The van der Waals surface area contributed by atoms with Crippen LogP contribution < -0.4 is 4.74 Å². The van der Waals surface area contributed by atoms with Gasteiger partial charge >= 0.3 is 0 Å². The molecule has 0 amide bonds. The molecule has 3 heteroatoms. The van der Waals surface area contributed by atoms with Gasteiger partial charge in [-0.25, -0.2) is 0 Å². The molecule has 0 aliphatic heterocycles. The van der Waals surface area contributed by atoms with Crippen LogP contribution in [-0.2, 0) is 26.2 Å². The van der Waals surface area contributed by atoms with E-state index >= 15 is 0 Å². The monoisotopic (exact) mass is 276 g/mol. The summed E-state index contributed by atoms with van der Waals surface area (Å²) in [6, 6.07) is 16.2. The molecule has 0 aliphatic carbocycles. The zero-order valence-electron chi connectivity index (χ0n) is 8.05. The quantitative estimate of drug-likeness (QED) is 0.913. The molecule has 0 spiro atoms. The van der Waals surface area contributed by atoms with Gasteiger partial charge in [-0.3, -0.25) is 0 Å². The number of aromatic hydroxyl groups is 1. The minimum absolute atomic E-state index is 0. The van der Waals surface area contributed by atoms with Crippen LogP contribution in [0.2, 0.25) is 0 Å². The topological polar surface area (TPSA) is 29.5 Å². The molecule has 0 bridgehead atoms. The van der Waals surface area contributed by atoms with Gasteiger partial charge in [0.1, 0.15) is 17.2 Å². The molecular formula is C12H10O2Zr. The van der Waals surface area contributed by atoms with Gasteiger partial charge in [-0.15, -0.1) is 0 Å². The average Bonchev–Trinajstić information content (AvgIpc) is 2.19. The number of phenols is 1. The van der Waals surface area contributed by atoms with E-state index < -0.39 is 0 Å². The summed E-state index contributed by atoms with van der Waals surface area (Å²) < 4.78 is 5.50. The normalized spacial score (nSPS) is 9.07. The van der Waals surface area contributed by atoms with Crippen molar-refractivity contribution in [3.05, 3.63) is 54.6 Å². The van der Waals surface area contributed by atoms with Crippen LogP contribution in [0.5, 0.6) is 17.2 Å². The number of hydrogen-bond acceptors (Lipinski definition) is 2. The van der Waals surface area contributed by atoms with Crippen LogP contribution in [0.15, 0.2) is 54.6 Å². The Morgan fingerprint density at radius 3 is 2.13 bits per heavy atom. The second kappa shape index (κ2) is 5.72. The fourth-order valence-electron chi connectivity index (χ4n) is 1.17. The van der Waals surface area contributed by atoms with Crippen molar-refractivity contribution in [1.82, 2.24) is 0 Å². The van der Waals surface area contributed by atoms with E-state index in [4.69, 9.17) is 4.74 Å². The molecule has 2 aromatic rings. The molecule has 15 heavy (non-hydrogen) atoms. The summed E-state index contributed by atoms with van der Waals surface area (Å²) in [4.78, 5) is 0. The molecule has 2 rings (SSSR count). The van der Waals surface area contributed by atoms with E-state index in [1.165, 1.54) is 0 Å².